The lowest BCUT2D eigenvalue weighted by Gasteiger charge is -2.32. The van der Waals surface area contributed by atoms with Gasteiger partial charge in [0.05, 0.1) is 0 Å². The third-order valence-electron chi connectivity index (χ3n) is 4.05. The van der Waals surface area contributed by atoms with Gasteiger partial charge in [-0.25, -0.2) is 0 Å². The second-order valence-electron chi connectivity index (χ2n) is 5.87. The average Bonchev–Trinajstić information content (AvgIpc) is 2.91. The van der Waals surface area contributed by atoms with E-state index in [-0.39, 0.29) is 24.0 Å². The maximum absolute atomic E-state index is 4.33. The van der Waals surface area contributed by atoms with Crippen molar-refractivity contribution in [3.8, 4) is 0 Å². The Balaban J connectivity index is 0.00000242. The van der Waals surface area contributed by atoms with Crippen LogP contribution in [-0.4, -0.2) is 48.2 Å². The van der Waals surface area contributed by atoms with E-state index in [0.29, 0.717) is 6.04 Å². The predicted molar refractivity (Wildman–Crippen MR) is 104 cm³/mol. The first-order chi connectivity index (χ1) is 10.2. The van der Waals surface area contributed by atoms with Crippen LogP contribution in [0.5, 0.6) is 0 Å². The molecule has 126 valence electrons. The van der Waals surface area contributed by atoms with Crippen LogP contribution in [-0.2, 0) is 13.6 Å². The number of aromatic nitrogens is 1. The number of hydrogen-bond donors (Lipinski definition) is 2. The molecule has 1 fully saturated rings. The third kappa shape index (κ3) is 6.16. The van der Waals surface area contributed by atoms with Gasteiger partial charge in [0.1, 0.15) is 0 Å². The van der Waals surface area contributed by atoms with Crippen LogP contribution in [0.15, 0.2) is 23.5 Å². The fraction of sp³-hybridized carbons (Fsp3) is 0.688. The summed E-state index contributed by atoms with van der Waals surface area (Å²) in [7, 11) is 3.88. The summed E-state index contributed by atoms with van der Waals surface area (Å²) in [6.07, 6.45) is 7.84. The molecule has 0 atom stereocenters. The zero-order valence-corrected chi connectivity index (χ0v) is 16.3. The Morgan fingerprint density at radius 2 is 2.09 bits per heavy atom. The molecule has 6 heteroatoms. The molecule has 0 radical (unpaired) electrons. The van der Waals surface area contributed by atoms with Gasteiger partial charge in [0, 0.05) is 52.2 Å². The zero-order valence-electron chi connectivity index (χ0n) is 14.0. The predicted octanol–water partition coefficient (Wildman–Crippen LogP) is 2.18. The highest BCUT2D eigenvalue weighted by molar-refractivity contribution is 14.0. The number of rotatable bonds is 5. The Bertz CT molecular complexity index is 449. The van der Waals surface area contributed by atoms with E-state index in [0.717, 1.165) is 12.5 Å². The Labute approximate surface area is 151 Å². The number of halogens is 1. The van der Waals surface area contributed by atoms with Gasteiger partial charge in [-0.2, -0.15) is 0 Å². The van der Waals surface area contributed by atoms with Crippen molar-refractivity contribution in [2.75, 3.05) is 26.7 Å². The highest BCUT2D eigenvalue weighted by Crippen LogP contribution is 2.10. The molecule has 0 amide bonds. The fourth-order valence-electron chi connectivity index (χ4n) is 2.86. The number of aryl methyl sites for hydroxylation is 1. The molecular formula is C16H30IN5. The van der Waals surface area contributed by atoms with E-state index in [9.17, 15) is 0 Å². The topological polar surface area (TPSA) is 44.6 Å². The van der Waals surface area contributed by atoms with Crippen molar-refractivity contribution in [3.05, 3.63) is 24.0 Å². The van der Waals surface area contributed by atoms with Gasteiger partial charge in [0.15, 0.2) is 5.96 Å². The summed E-state index contributed by atoms with van der Waals surface area (Å²) in [4.78, 5) is 6.89. The number of nitrogens with one attached hydrogen (secondary N) is 2. The lowest BCUT2D eigenvalue weighted by Crippen LogP contribution is -2.48. The summed E-state index contributed by atoms with van der Waals surface area (Å²) in [5.41, 5.74) is 1.28. The summed E-state index contributed by atoms with van der Waals surface area (Å²) >= 11 is 0. The van der Waals surface area contributed by atoms with E-state index in [2.05, 4.69) is 50.5 Å². The Morgan fingerprint density at radius 3 is 2.64 bits per heavy atom. The number of likely N-dealkylation sites (tertiary alicyclic amines) is 1. The van der Waals surface area contributed by atoms with Crippen LogP contribution in [0.3, 0.4) is 0 Å². The van der Waals surface area contributed by atoms with Gasteiger partial charge in [-0.05, 0) is 37.4 Å². The van der Waals surface area contributed by atoms with Crippen LogP contribution in [0.2, 0.25) is 0 Å². The summed E-state index contributed by atoms with van der Waals surface area (Å²) in [6, 6.07) is 2.67. The lowest BCUT2D eigenvalue weighted by molar-refractivity contribution is 0.206. The van der Waals surface area contributed by atoms with Crippen molar-refractivity contribution in [2.45, 2.75) is 38.8 Å². The molecule has 2 rings (SSSR count). The molecule has 0 saturated carbocycles. The van der Waals surface area contributed by atoms with E-state index in [1.165, 1.54) is 44.5 Å². The Kier molecular flexibility index (Phi) is 8.85. The van der Waals surface area contributed by atoms with Crippen LogP contribution in [0.1, 0.15) is 31.7 Å². The minimum atomic E-state index is 0. The van der Waals surface area contributed by atoms with E-state index < -0.39 is 0 Å². The van der Waals surface area contributed by atoms with Crippen LogP contribution in [0.4, 0.5) is 0 Å². The van der Waals surface area contributed by atoms with E-state index >= 15 is 0 Å². The number of guanidine groups is 1. The first kappa shape index (κ1) is 19.3. The van der Waals surface area contributed by atoms with Gasteiger partial charge in [-0.15, -0.1) is 24.0 Å². The van der Waals surface area contributed by atoms with Gasteiger partial charge in [-0.1, -0.05) is 6.92 Å². The summed E-state index contributed by atoms with van der Waals surface area (Å²) in [5, 5.41) is 6.95. The number of nitrogens with zero attached hydrogens (tertiary/aromatic N) is 3. The summed E-state index contributed by atoms with van der Waals surface area (Å²) in [5.74, 6) is 0.910. The molecular weight excluding hydrogens is 389 g/mol. The smallest absolute Gasteiger partial charge is 0.191 e. The fourth-order valence-corrected chi connectivity index (χ4v) is 2.86. The Morgan fingerprint density at radius 1 is 1.36 bits per heavy atom. The lowest BCUT2D eigenvalue weighted by atomic mass is 10.1. The van der Waals surface area contributed by atoms with Crippen molar-refractivity contribution in [1.29, 1.82) is 0 Å². The second-order valence-corrected chi connectivity index (χ2v) is 5.87. The van der Waals surface area contributed by atoms with E-state index in [4.69, 9.17) is 0 Å². The maximum Gasteiger partial charge on any atom is 0.191 e. The largest absolute Gasteiger partial charge is 0.357 e. The molecule has 1 saturated heterocycles. The molecule has 0 bridgehead atoms. The summed E-state index contributed by atoms with van der Waals surface area (Å²) in [6.45, 7) is 6.69. The van der Waals surface area contributed by atoms with Crippen molar-refractivity contribution in [1.82, 2.24) is 20.1 Å². The molecule has 1 aromatic heterocycles. The van der Waals surface area contributed by atoms with Crippen molar-refractivity contribution in [2.24, 2.45) is 12.0 Å². The molecule has 0 spiro atoms. The van der Waals surface area contributed by atoms with Crippen LogP contribution < -0.4 is 10.6 Å². The van der Waals surface area contributed by atoms with Gasteiger partial charge in [0.25, 0.3) is 0 Å². The van der Waals surface area contributed by atoms with Gasteiger partial charge >= 0.3 is 0 Å². The first-order valence-corrected chi connectivity index (χ1v) is 8.01. The Hall–Kier alpha value is -0.760. The van der Waals surface area contributed by atoms with Crippen LogP contribution in [0.25, 0.3) is 0 Å². The molecule has 5 nitrogen and oxygen atoms in total. The molecule has 0 aliphatic carbocycles. The molecule has 1 aromatic rings. The molecule has 1 aliphatic rings. The van der Waals surface area contributed by atoms with E-state index in [1.807, 2.05) is 14.1 Å². The zero-order chi connectivity index (χ0) is 15.1. The maximum atomic E-state index is 4.33. The molecule has 0 aromatic carbocycles. The van der Waals surface area contributed by atoms with Crippen LogP contribution in [0, 0.1) is 0 Å². The minimum absolute atomic E-state index is 0. The van der Waals surface area contributed by atoms with Crippen molar-refractivity contribution >= 4 is 29.9 Å². The highest BCUT2D eigenvalue weighted by Gasteiger charge is 2.19. The van der Waals surface area contributed by atoms with Crippen LogP contribution >= 0.6 is 24.0 Å². The standard InChI is InChI=1S/C16H29N5.HI/c1-4-8-21-10-6-15(7-11-21)19-16(17-2)18-12-14-5-9-20(3)13-14;/h5,9,13,15H,4,6-8,10-12H2,1-3H3,(H2,17,18,19);1H. The van der Waals surface area contributed by atoms with Gasteiger partial charge in [-0.3, -0.25) is 4.99 Å². The summed E-state index contributed by atoms with van der Waals surface area (Å²) < 4.78 is 2.07. The average molecular weight is 419 g/mol. The third-order valence-corrected chi connectivity index (χ3v) is 4.05. The highest BCUT2D eigenvalue weighted by atomic mass is 127. The van der Waals surface area contributed by atoms with Crippen molar-refractivity contribution in [3.63, 3.8) is 0 Å². The number of hydrogen-bond acceptors (Lipinski definition) is 2. The molecule has 1 aliphatic heterocycles. The molecule has 2 N–H and O–H groups in total. The first-order valence-electron chi connectivity index (χ1n) is 8.01. The van der Waals surface area contributed by atoms with Gasteiger partial charge < -0.3 is 20.1 Å². The second kappa shape index (κ2) is 10.1. The SMILES string of the molecule is CCCN1CCC(NC(=NC)NCc2ccn(C)c2)CC1.I. The molecule has 22 heavy (non-hydrogen) atoms. The number of aliphatic imine (C=N–C) groups is 1. The quantitative estimate of drug-likeness (QED) is 0.437. The minimum Gasteiger partial charge on any atom is -0.357 e. The normalized spacial score (nSPS) is 17.1. The van der Waals surface area contributed by atoms with Gasteiger partial charge in [0.2, 0.25) is 0 Å². The number of piperidine rings is 1. The van der Waals surface area contributed by atoms with E-state index in [1.54, 1.807) is 0 Å². The monoisotopic (exact) mass is 419 g/mol. The van der Waals surface area contributed by atoms with Crippen molar-refractivity contribution < 1.29 is 0 Å². The molecule has 0 unspecified atom stereocenters. The molecule has 2 heterocycles.